The van der Waals surface area contributed by atoms with Crippen LogP contribution in [0.3, 0.4) is 0 Å². The minimum absolute atomic E-state index is 0.0865. The highest BCUT2D eigenvalue weighted by molar-refractivity contribution is 7.92. The molecule has 8 heteroatoms. The lowest BCUT2D eigenvalue weighted by Gasteiger charge is -2.11. The number of imidazole rings is 1. The Labute approximate surface area is 186 Å². The van der Waals surface area contributed by atoms with Crippen LogP contribution in [-0.4, -0.2) is 24.3 Å². The number of anilines is 1. The molecule has 0 aliphatic rings. The van der Waals surface area contributed by atoms with Gasteiger partial charge in [0.15, 0.2) is 0 Å². The minimum atomic E-state index is -3.75. The number of rotatable bonds is 7. The van der Waals surface area contributed by atoms with Crippen LogP contribution in [0, 0.1) is 6.92 Å². The van der Waals surface area contributed by atoms with Gasteiger partial charge in [-0.3, -0.25) is 9.52 Å². The van der Waals surface area contributed by atoms with Crippen LogP contribution in [0.2, 0.25) is 0 Å². The summed E-state index contributed by atoms with van der Waals surface area (Å²) in [6, 6.07) is 20.7. The van der Waals surface area contributed by atoms with Gasteiger partial charge >= 0.3 is 0 Å². The molecule has 0 spiro atoms. The van der Waals surface area contributed by atoms with E-state index in [1.165, 1.54) is 24.3 Å². The van der Waals surface area contributed by atoms with Crippen LogP contribution in [0.1, 0.15) is 21.5 Å². The highest BCUT2D eigenvalue weighted by atomic mass is 32.2. The monoisotopic (exact) mass is 446 g/mol. The zero-order valence-corrected chi connectivity index (χ0v) is 18.2. The summed E-state index contributed by atoms with van der Waals surface area (Å²) in [7, 11) is -3.75. The third-order valence-corrected chi connectivity index (χ3v) is 6.35. The van der Waals surface area contributed by atoms with Crippen molar-refractivity contribution >= 4 is 21.6 Å². The Hall–Kier alpha value is -3.91. The Kier molecular flexibility index (Phi) is 6.04. The molecule has 1 heterocycles. The summed E-state index contributed by atoms with van der Waals surface area (Å²) >= 11 is 0. The number of benzene rings is 3. The van der Waals surface area contributed by atoms with Crippen LogP contribution in [0.15, 0.2) is 90.1 Å². The maximum atomic E-state index is 12.7. The van der Waals surface area contributed by atoms with Crippen molar-refractivity contribution in [1.82, 2.24) is 15.3 Å². The topological polar surface area (TPSA) is 104 Å². The molecule has 4 rings (SSSR count). The van der Waals surface area contributed by atoms with Crippen LogP contribution in [0.25, 0.3) is 11.4 Å². The van der Waals surface area contributed by atoms with Crippen molar-refractivity contribution in [3.05, 3.63) is 102 Å². The molecule has 0 bridgehead atoms. The van der Waals surface area contributed by atoms with E-state index in [4.69, 9.17) is 0 Å². The Bertz CT molecular complexity index is 1330. The first-order valence-electron chi connectivity index (χ1n) is 9.98. The van der Waals surface area contributed by atoms with Gasteiger partial charge in [0.1, 0.15) is 5.82 Å². The minimum Gasteiger partial charge on any atom is -0.348 e. The molecule has 0 saturated carbocycles. The van der Waals surface area contributed by atoms with E-state index >= 15 is 0 Å². The van der Waals surface area contributed by atoms with Crippen LogP contribution >= 0.6 is 0 Å². The molecule has 1 amide bonds. The molecule has 1 aromatic heterocycles. The van der Waals surface area contributed by atoms with Crippen molar-refractivity contribution < 1.29 is 13.2 Å². The normalized spacial score (nSPS) is 11.2. The highest BCUT2D eigenvalue weighted by Crippen LogP contribution is 2.20. The van der Waals surface area contributed by atoms with Gasteiger partial charge in [0.05, 0.1) is 10.6 Å². The molecule has 3 N–H and O–H groups in total. The average Bonchev–Trinajstić information content (AvgIpc) is 3.34. The third-order valence-electron chi connectivity index (χ3n) is 4.97. The maximum Gasteiger partial charge on any atom is 0.261 e. The predicted molar refractivity (Wildman–Crippen MR) is 124 cm³/mol. The first kappa shape index (κ1) is 21.3. The van der Waals surface area contributed by atoms with Crippen molar-refractivity contribution in [2.24, 2.45) is 0 Å². The number of para-hydroxylation sites is 1. The van der Waals surface area contributed by atoms with Crippen molar-refractivity contribution in [1.29, 1.82) is 0 Å². The van der Waals surface area contributed by atoms with Crippen LogP contribution in [0.4, 0.5) is 5.69 Å². The van der Waals surface area contributed by atoms with E-state index < -0.39 is 10.0 Å². The molecule has 3 aromatic carbocycles. The average molecular weight is 447 g/mol. The van der Waals surface area contributed by atoms with E-state index in [0.717, 1.165) is 22.5 Å². The molecule has 162 valence electrons. The Balaban J connectivity index is 1.41. The number of hydrogen-bond acceptors (Lipinski definition) is 4. The smallest absolute Gasteiger partial charge is 0.261 e. The standard InChI is InChI=1S/C24H22N4O3S/c1-17-5-2-3-8-22(17)28-32(30,31)21-11-9-19(10-12-21)24(29)27-16-18-6-4-7-20(15-18)23-25-13-14-26-23/h2-15,28H,16H2,1H3,(H,25,26)(H,27,29). The number of aromatic amines is 1. The fourth-order valence-corrected chi connectivity index (χ4v) is 4.34. The highest BCUT2D eigenvalue weighted by Gasteiger charge is 2.16. The van der Waals surface area contributed by atoms with Crippen molar-refractivity contribution in [2.45, 2.75) is 18.4 Å². The molecule has 0 aliphatic heterocycles. The molecule has 32 heavy (non-hydrogen) atoms. The van der Waals surface area contributed by atoms with E-state index in [1.54, 1.807) is 24.5 Å². The van der Waals surface area contributed by atoms with Gasteiger partial charge < -0.3 is 10.3 Å². The maximum absolute atomic E-state index is 12.7. The largest absolute Gasteiger partial charge is 0.348 e. The van der Waals surface area contributed by atoms with Gasteiger partial charge in [-0.1, -0.05) is 36.4 Å². The molecule has 0 radical (unpaired) electrons. The van der Waals surface area contributed by atoms with Crippen LogP contribution in [0.5, 0.6) is 0 Å². The van der Waals surface area contributed by atoms with Gasteiger partial charge in [0.25, 0.3) is 15.9 Å². The fraction of sp³-hybridized carbons (Fsp3) is 0.0833. The number of amides is 1. The van der Waals surface area contributed by atoms with Gasteiger partial charge in [-0.25, -0.2) is 13.4 Å². The number of carbonyl (C=O) groups excluding carboxylic acids is 1. The van der Waals surface area contributed by atoms with E-state index in [2.05, 4.69) is 20.0 Å². The Morgan fingerprint density at radius 1 is 1.00 bits per heavy atom. The number of nitrogens with one attached hydrogen (secondary N) is 3. The Morgan fingerprint density at radius 3 is 2.50 bits per heavy atom. The number of H-pyrrole nitrogens is 1. The second kappa shape index (κ2) is 9.07. The van der Waals surface area contributed by atoms with Gasteiger partial charge in [-0.05, 0) is 54.4 Å². The predicted octanol–water partition coefficient (Wildman–Crippen LogP) is 4.12. The van der Waals surface area contributed by atoms with Crippen molar-refractivity contribution in [3.8, 4) is 11.4 Å². The van der Waals surface area contributed by atoms with E-state index in [0.29, 0.717) is 17.8 Å². The SMILES string of the molecule is Cc1ccccc1NS(=O)(=O)c1ccc(C(=O)NCc2cccc(-c3ncc[nH]3)c2)cc1. The van der Waals surface area contributed by atoms with Crippen molar-refractivity contribution in [2.75, 3.05) is 4.72 Å². The van der Waals surface area contributed by atoms with Crippen LogP contribution < -0.4 is 10.0 Å². The number of aryl methyl sites for hydroxylation is 1. The van der Waals surface area contributed by atoms with E-state index in [1.807, 2.05) is 43.3 Å². The second-order valence-corrected chi connectivity index (χ2v) is 8.95. The van der Waals surface area contributed by atoms with Gasteiger partial charge in [-0.2, -0.15) is 0 Å². The molecule has 0 unspecified atom stereocenters. The quantitative estimate of drug-likeness (QED) is 0.397. The summed E-state index contributed by atoms with van der Waals surface area (Å²) in [4.78, 5) is 19.9. The third kappa shape index (κ3) is 4.87. The first-order valence-corrected chi connectivity index (χ1v) is 11.5. The summed E-state index contributed by atoms with van der Waals surface area (Å²) in [6.45, 7) is 2.16. The lowest BCUT2D eigenvalue weighted by molar-refractivity contribution is 0.0951. The zero-order chi connectivity index (χ0) is 22.6. The number of hydrogen-bond donors (Lipinski definition) is 3. The number of carbonyl (C=O) groups is 1. The summed E-state index contributed by atoms with van der Waals surface area (Å²) < 4.78 is 27.9. The molecule has 0 saturated heterocycles. The van der Waals surface area contributed by atoms with Gasteiger partial charge in [0, 0.05) is 30.1 Å². The molecular formula is C24H22N4O3S. The lowest BCUT2D eigenvalue weighted by Crippen LogP contribution is -2.23. The summed E-state index contributed by atoms with van der Waals surface area (Å²) in [5.74, 6) is 0.471. The number of sulfonamides is 1. The van der Waals surface area contributed by atoms with Crippen molar-refractivity contribution in [3.63, 3.8) is 0 Å². The molecule has 4 aromatic rings. The summed E-state index contributed by atoms with van der Waals surface area (Å²) in [5, 5.41) is 2.86. The number of nitrogens with zero attached hydrogens (tertiary/aromatic N) is 1. The fourth-order valence-electron chi connectivity index (χ4n) is 3.21. The van der Waals surface area contributed by atoms with Gasteiger partial charge in [0.2, 0.25) is 0 Å². The first-order chi connectivity index (χ1) is 15.4. The lowest BCUT2D eigenvalue weighted by atomic mass is 10.1. The summed E-state index contributed by atoms with van der Waals surface area (Å²) in [5.41, 5.74) is 3.57. The number of aromatic nitrogens is 2. The second-order valence-electron chi connectivity index (χ2n) is 7.27. The molecular weight excluding hydrogens is 424 g/mol. The van der Waals surface area contributed by atoms with E-state index in [9.17, 15) is 13.2 Å². The molecule has 0 atom stereocenters. The molecule has 0 fully saturated rings. The molecule has 0 aliphatic carbocycles. The van der Waals surface area contributed by atoms with Crippen LogP contribution in [-0.2, 0) is 16.6 Å². The summed E-state index contributed by atoms with van der Waals surface area (Å²) in [6.07, 6.45) is 3.44. The zero-order valence-electron chi connectivity index (χ0n) is 17.4. The molecule has 7 nitrogen and oxygen atoms in total. The Morgan fingerprint density at radius 2 is 1.78 bits per heavy atom. The van der Waals surface area contributed by atoms with E-state index in [-0.39, 0.29) is 10.8 Å². The van der Waals surface area contributed by atoms with Gasteiger partial charge in [-0.15, -0.1) is 0 Å².